The molecule has 0 N–H and O–H groups in total. The van der Waals surface area contributed by atoms with Gasteiger partial charge in [0.05, 0.1) is 31.0 Å². The van der Waals surface area contributed by atoms with Crippen LogP contribution in [0.4, 0.5) is 0 Å². The SMILES string of the molecule is COc1cc(C2=C(C3CC3)SC3=NCCN32)cc2occc12. The van der Waals surface area contributed by atoms with E-state index in [4.69, 9.17) is 9.15 Å². The second-order valence-corrected chi connectivity index (χ2v) is 6.93. The maximum absolute atomic E-state index is 5.63. The molecule has 1 aromatic carbocycles. The first-order valence-electron chi connectivity index (χ1n) is 7.65. The average molecular weight is 312 g/mol. The van der Waals surface area contributed by atoms with Gasteiger partial charge in [0, 0.05) is 17.0 Å². The van der Waals surface area contributed by atoms with Crippen LogP contribution in [-0.2, 0) is 0 Å². The Morgan fingerprint density at radius 1 is 1.36 bits per heavy atom. The number of thioether (sulfide) groups is 1. The number of ether oxygens (including phenoxy) is 1. The lowest BCUT2D eigenvalue weighted by Gasteiger charge is -2.18. The molecule has 4 nitrogen and oxygen atoms in total. The number of hydrogen-bond donors (Lipinski definition) is 0. The van der Waals surface area contributed by atoms with Gasteiger partial charge in [-0.25, -0.2) is 0 Å². The first kappa shape index (κ1) is 12.6. The summed E-state index contributed by atoms with van der Waals surface area (Å²) < 4.78 is 11.2. The number of allylic oxidation sites excluding steroid dienone is 1. The van der Waals surface area contributed by atoms with Crippen molar-refractivity contribution in [3.63, 3.8) is 0 Å². The van der Waals surface area contributed by atoms with E-state index < -0.39 is 0 Å². The van der Waals surface area contributed by atoms with E-state index in [1.54, 1.807) is 13.4 Å². The number of nitrogens with zero attached hydrogens (tertiary/aromatic N) is 2. The summed E-state index contributed by atoms with van der Waals surface area (Å²) in [4.78, 5) is 8.48. The van der Waals surface area contributed by atoms with Crippen molar-refractivity contribution in [1.82, 2.24) is 4.90 Å². The van der Waals surface area contributed by atoms with Crippen molar-refractivity contribution in [3.05, 3.63) is 34.9 Å². The fraction of sp³-hybridized carbons (Fsp3) is 0.353. The summed E-state index contributed by atoms with van der Waals surface area (Å²) in [7, 11) is 1.72. The minimum Gasteiger partial charge on any atom is -0.496 e. The van der Waals surface area contributed by atoms with Crippen molar-refractivity contribution in [2.45, 2.75) is 12.8 Å². The van der Waals surface area contributed by atoms with Crippen LogP contribution in [0, 0.1) is 5.92 Å². The van der Waals surface area contributed by atoms with E-state index in [-0.39, 0.29) is 0 Å². The van der Waals surface area contributed by atoms with E-state index in [1.807, 2.05) is 17.8 Å². The van der Waals surface area contributed by atoms with E-state index in [1.165, 1.54) is 29.0 Å². The van der Waals surface area contributed by atoms with Crippen LogP contribution in [0.2, 0.25) is 0 Å². The minimum absolute atomic E-state index is 0.714. The van der Waals surface area contributed by atoms with Gasteiger partial charge in [-0.2, -0.15) is 0 Å². The van der Waals surface area contributed by atoms with Crippen LogP contribution >= 0.6 is 11.8 Å². The van der Waals surface area contributed by atoms with E-state index in [2.05, 4.69) is 22.0 Å². The van der Waals surface area contributed by atoms with E-state index in [0.29, 0.717) is 5.92 Å². The minimum atomic E-state index is 0.714. The first-order valence-corrected chi connectivity index (χ1v) is 8.46. The van der Waals surface area contributed by atoms with Gasteiger partial charge < -0.3 is 14.1 Å². The third-order valence-electron chi connectivity index (χ3n) is 4.48. The maximum Gasteiger partial charge on any atom is 0.168 e. The molecule has 0 saturated heterocycles. The summed E-state index contributed by atoms with van der Waals surface area (Å²) in [5.74, 6) is 1.59. The van der Waals surface area contributed by atoms with Crippen molar-refractivity contribution in [3.8, 4) is 5.75 Å². The fourth-order valence-corrected chi connectivity index (χ4v) is 4.64. The van der Waals surface area contributed by atoms with Gasteiger partial charge >= 0.3 is 0 Å². The van der Waals surface area contributed by atoms with Crippen molar-refractivity contribution in [2.24, 2.45) is 10.9 Å². The normalized spacial score (nSPS) is 20.8. The van der Waals surface area contributed by atoms with Crippen LogP contribution in [0.25, 0.3) is 16.7 Å². The molecule has 1 aromatic heterocycles. The zero-order valence-electron chi connectivity index (χ0n) is 12.3. The molecule has 0 radical (unpaired) electrons. The second kappa shape index (κ2) is 4.56. The van der Waals surface area contributed by atoms with Crippen LogP contribution in [0.1, 0.15) is 18.4 Å². The average Bonchev–Trinajstić information content (AvgIpc) is 2.96. The van der Waals surface area contributed by atoms with Gasteiger partial charge in [-0.3, -0.25) is 4.99 Å². The number of aliphatic imine (C=N–C) groups is 1. The molecule has 5 rings (SSSR count). The largest absolute Gasteiger partial charge is 0.496 e. The quantitative estimate of drug-likeness (QED) is 0.860. The Morgan fingerprint density at radius 3 is 3.09 bits per heavy atom. The number of benzene rings is 1. The van der Waals surface area contributed by atoms with Crippen LogP contribution in [0.15, 0.2) is 38.8 Å². The molecule has 2 aliphatic heterocycles. The zero-order chi connectivity index (χ0) is 14.7. The molecule has 0 spiro atoms. The van der Waals surface area contributed by atoms with Gasteiger partial charge in [-0.05, 0) is 37.0 Å². The Morgan fingerprint density at radius 2 is 2.27 bits per heavy atom. The highest BCUT2D eigenvalue weighted by atomic mass is 32.2. The fourth-order valence-electron chi connectivity index (χ4n) is 3.27. The smallest absolute Gasteiger partial charge is 0.168 e. The molecule has 0 amide bonds. The zero-order valence-corrected chi connectivity index (χ0v) is 13.2. The third-order valence-corrected chi connectivity index (χ3v) is 5.76. The lowest BCUT2D eigenvalue weighted by molar-refractivity contribution is 0.419. The Bertz CT molecular complexity index is 832. The summed E-state index contributed by atoms with van der Waals surface area (Å²) in [6.45, 7) is 1.87. The third kappa shape index (κ3) is 1.75. The van der Waals surface area contributed by atoms with Gasteiger partial charge in [0.1, 0.15) is 11.3 Å². The van der Waals surface area contributed by atoms with E-state index in [9.17, 15) is 0 Å². The monoisotopic (exact) mass is 312 g/mol. The molecule has 112 valence electrons. The number of hydrogen-bond acceptors (Lipinski definition) is 5. The highest BCUT2D eigenvalue weighted by molar-refractivity contribution is 8.17. The number of amidine groups is 1. The molecule has 22 heavy (non-hydrogen) atoms. The van der Waals surface area contributed by atoms with Crippen LogP contribution < -0.4 is 4.74 Å². The summed E-state index contributed by atoms with van der Waals surface area (Å²) in [6.07, 6.45) is 4.32. The highest BCUT2D eigenvalue weighted by Gasteiger charge is 2.40. The maximum atomic E-state index is 5.63. The Kier molecular flexibility index (Phi) is 2.62. The summed E-state index contributed by atoms with van der Waals surface area (Å²) in [5, 5.41) is 2.19. The topological polar surface area (TPSA) is 38.0 Å². The Hall–Kier alpha value is -1.88. The van der Waals surface area contributed by atoms with Crippen LogP contribution in [-0.4, -0.2) is 30.3 Å². The lowest BCUT2D eigenvalue weighted by Crippen LogP contribution is -2.20. The van der Waals surface area contributed by atoms with Gasteiger partial charge in [0.25, 0.3) is 0 Å². The predicted octanol–water partition coefficient (Wildman–Crippen LogP) is 3.94. The number of rotatable bonds is 3. The second-order valence-electron chi connectivity index (χ2n) is 5.92. The number of furan rings is 1. The molecule has 5 heteroatoms. The van der Waals surface area contributed by atoms with Crippen molar-refractivity contribution in [1.29, 1.82) is 0 Å². The van der Waals surface area contributed by atoms with E-state index in [0.717, 1.165) is 35.0 Å². The van der Waals surface area contributed by atoms with Gasteiger partial charge in [0.15, 0.2) is 5.17 Å². The molecule has 0 unspecified atom stereocenters. The van der Waals surface area contributed by atoms with Crippen LogP contribution in [0.3, 0.4) is 0 Å². The highest BCUT2D eigenvalue weighted by Crippen LogP contribution is 2.53. The molecule has 0 atom stereocenters. The Balaban J connectivity index is 1.71. The molecule has 2 aromatic rings. The van der Waals surface area contributed by atoms with Crippen molar-refractivity contribution < 1.29 is 9.15 Å². The predicted molar refractivity (Wildman–Crippen MR) is 89.0 cm³/mol. The lowest BCUT2D eigenvalue weighted by atomic mass is 10.1. The van der Waals surface area contributed by atoms with Crippen molar-refractivity contribution >= 4 is 33.6 Å². The van der Waals surface area contributed by atoms with Gasteiger partial charge in [0.2, 0.25) is 0 Å². The van der Waals surface area contributed by atoms with E-state index >= 15 is 0 Å². The van der Waals surface area contributed by atoms with Gasteiger partial charge in [-0.1, -0.05) is 11.8 Å². The molecular weight excluding hydrogens is 296 g/mol. The van der Waals surface area contributed by atoms with Gasteiger partial charge in [-0.15, -0.1) is 0 Å². The first-order chi connectivity index (χ1) is 10.8. The molecule has 3 aliphatic rings. The summed E-state index contributed by atoms with van der Waals surface area (Å²) >= 11 is 1.86. The number of methoxy groups -OCH3 is 1. The standard InChI is InChI=1S/C17H16N2O2S/c1-20-13-8-11(9-14-12(13)4-7-21-14)15-16(10-2-3-10)22-17-18-5-6-19(15)17/h4,7-10H,2-3,5-6H2,1H3. The molecule has 1 fully saturated rings. The molecule has 1 saturated carbocycles. The number of fused-ring (bicyclic) bond motifs is 2. The molecule has 1 aliphatic carbocycles. The summed E-state index contributed by atoms with van der Waals surface area (Å²) in [5.41, 5.74) is 3.38. The molecular formula is C17H16N2O2S. The van der Waals surface area contributed by atoms with Crippen LogP contribution in [0.5, 0.6) is 5.75 Å². The molecule has 3 heterocycles. The molecule has 0 bridgehead atoms. The summed E-state index contributed by atoms with van der Waals surface area (Å²) in [6, 6.07) is 6.23. The Labute approximate surface area is 132 Å². The van der Waals surface area contributed by atoms with Crippen molar-refractivity contribution in [2.75, 3.05) is 20.2 Å².